The molecule has 3 rings (SSSR count). The van der Waals surface area contributed by atoms with Crippen molar-refractivity contribution < 1.29 is 9.53 Å². The quantitative estimate of drug-likeness (QED) is 0.121. The molecule has 1 aliphatic carbocycles. The lowest BCUT2D eigenvalue weighted by molar-refractivity contribution is -0.106. The zero-order chi connectivity index (χ0) is 25.9. The molecule has 1 amide bonds. The van der Waals surface area contributed by atoms with Gasteiger partial charge in [-0.05, 0) is 75.6 Å². The van der Waals surface area contributed by atoms with Gasteiger partial charge in [-0.3, -0.25) is 9.79 Å². The maximum atomic E-state index is 8.58. The summed E-state index contributed by atoms with van der Waals surface area (Å²) >= 11 is 1.62. The number of carbonyl (C=O) groups excluding carboxylic acids is 1. The fraction of sp³-hybridized carbons (Fsp3) is 0.556. The Kier molecular flexibility index (Phi) is 15.8. The van der Waals surface area contributed by atoms with Crippen LogP contribution in [0, 0.1) is 5.41 Å². The molecule has 0 radical (unpaired) electrons. The largest absolute Gasteiger partial charge is 0.380 e. The predicted octanol–water partition coefficient (Wildman–Crippen LogP) is 5.11. The number of amides is 1. The first-order chi connectivity index (χ1) is 17.1. The number of carbonyl (C=O) groups is 1. The van der Waals surface area contributed by atoms with Gasteiger partial charge in [-0.15, -0.1) is 0 Å². The van der Waals surface area contributed by atoms with Gasteiger partial charge in [0.05, 0.1) is 18.9 Å². The first-order valence-corrected chi connectivity index (χ1v) is 13.7. The number of nitrogens with one attached hydrogen (secondary N) is 2. The number of benzene rings is 1. The van der Waals surface area contributed by atoms with Crippen molar-refractivity contribution in [3.8, 4) is 0 Å². The van der Waals surface area contributed by atoms with Gasteiger partial charge in [-0.2, -0.15) is 0 Å². The third kappa shape index (κ3) is 10.9. The van der Waals surface area contributed by atoms with Crippen LogP contribution in [0.3, 0.4) is 0 Å². The van der Waals surface area contributed by atoms with Gasteiger partial charge in [0, 0.05) is 42.8 Å². The van der Waals surface area contributed by atoms with Crippen molar-refractivity contribution in [1.29, 1.82) is 0 Å². The highest BCUT2D eigenvalue weighted by Gasteiger charge is 2.44. The molecule has 0 atom stereocenters. The number of aliphatic imine (C=N–C) groups is 1. The summed E-state index contributed by atoms with van der Waals surface area (Å²) < 4.78 is 8.94. The van der Waals surface area contributed by atoms with E-state index in [0.29, 0.717) is 5.41 Å². The molecule has 1 saturated carbocycles. The number of hydrogen-bond acceptors (Lipinski definition) is 7. The Balaban J connectivity index is 0.00000114. The van der Waals surface area contributed by atoms with Crippen molar-refractivity contribution in [3.05, 3.63) is 42.0 Å². The number of anilines is 2. The summed E-state index contributed by atoms with van der Waals surface area (Å²) in [5, 5.41) is 3.08. The number of ether oxygens (including phenoxy) is 1. The van der Waals surface area contributed by atoms with Crippen molar-refractivity contribution in [2.75, 3.05) is 55.8 Å². The summed E-state index contributed by atoms with van der Waals surface area (Å²) in [5.74, 6) is 0. The summed E-state index contributed by atoms with van der Waals surface area (Å²) in [6.45, 7) is 12.5. The number of hydrogen-bond donors (Lipinski definition) is 3. The molecule has 7 nitrogen and oxygen atoms in total. The molecule has 1 aromatic carbocycles. The van der Waals surface area contributed by atoms with Crippen molar-refractivity contribution in [3.63, 3.8) is 0 Å². The standard InChI is InChI=1S/C24H36N4OS.C2H6.CH3NO/c1-25-14-18-29-17-6-4-5-7-22(26-2)21-9-8-20(27-30-3)19-23(21)28-15-12-24(10-11-24)13-16-28;1-2;2-1-3/h4-5,7-9,19,25,27H,2,6,10-18H2,1,3H3;1-2H3;1H,(H2,2,3)/b5-4-,22-7-;;. The molecule has 8 heteroatoms. The van der Waals surface area contributed by atoms with Gasteiger partial charge < -0.3 is 25.4 Å². The van der Waals surface area contributed by atoms with E-state index in [9.17, 15) is 0 Å². The topological polar surface area (TPSA) is 92.0 Å². The second-order valence-corrected chi connectivity index (χ2v) is 8.92. The highest BCUT2D eigenvalue weighted by Crippen LogP contribution is 2.54. The molecule has 196 valence electrons. The van der Waals surface area contributed by atoms with Gasteiger partial charge >= 0.3 is 0 Å². The van der Waals surface area contributed by atoms with Crippen molar-refractivity contribution in [2.24, 2.45) is 16.1 Å². The first-order valence-electron chi connectivity index (χ1n) is 12.5. The van der Waals surface area contributed by atoms with Crippen molar-refractivity contribution >= 4 is 42.1 Å². The van der Waals surface area contributed by atoms with E-state index in [1.165, 1.54) is 31.4 Å². The summed E-state index contributed by atoms with van der Waals surface area (Å²) in [6.07, 6.45) is 14.9. The summed E-state index contributed by atoms with van der Waals surface area (Å²) in [5.41, 5.74) is 9.29. The van der Waals surface area contributed by atoms with Crippen LogP contribution in [0.4, 0.5) is 11.4 Å². The number of primary amides is 1. The lowest BCUT2D eigenvalue weighted by Crippen LogP contribution is -2.35. The number of nitrogens with zero attached hydrogens (tertiary/aromatic N) is 2. The van der Waals surface area contributed by atoms with Crippen LogP contribution in [0.15, 0.2) is 41.4 Å². The van der Waals surface area contributed by atoms with Gasteiger partial charge in [-0.1, -0.05) is 37.9 Å². The predicted molar refractivity (Wildman–Crippen MR) is 154 cm³/mol. The molecule has 1 spiro atoms. The summed E-state index contributed by atoms with van der Waals surface area (Å²) in [7, 11) is 1.93. The number of piperidine rings is 1. The van der Waals surface area contributed by atoms with E-state index in [1.54, 1.807) is 11.9 Å². The Hall–Kier alpha value is -2.29. The van der Waals surface area contributed by atoms with Crippen LogP contribution in [-0.4, -0.2) is 59.3 Å². The van der Waals surface area contributed by atoms with E-state index >= 15 is 0 Å². The van der Waals surface area contributed by atoms with Crippen LogP contribution in [-0.2, 0) is 9.53 Å². The van der Waals surface area contributed by atoms with Crippen LogP contribution in [0.1, 0.15) is 51.5 Å². The van der Waals surface area contributed by atoms with Crippen LogP contribution in [0.2, 0.25) is 0 Å². The van der Waals surface area contributed by atoms with E-state index in [1.807, 2.05) is 20.9 Å². The Labute approximate surface area is 216 Å². The van der Waals surface area contributed by atoms with Gasteiger partial charge in [0.2, 0.25) is 6.41 Å². The lowest BCUT2D eigenvalue weighted by Gasteiger charge is -2.35. The van der Waals surface area contributed by atoms with E-state index in [-0.39, 0.29) is 6.41 Å². The third-order valence-electron chi connectivity index (χ3n) is 6.10. The number of allylic oxidation sites excluding steroid dienone is 2. The fourth-order valence-electron chi connectivity index (χ4n) is 4.00. The molecule has 2 fully saturated rings. The van der Waals surface area contributed by atoms with E-state index in [0.717, 1.165) is 56.2 Å². The van der Waals surface area contributed by atoms with Crippen LogP contribution in [0.25, 0.3) is 5.70 Å². The normalized spacial score (nSPS) is 16.1. The second kappa shape index (κ2) is 18.0. The minimum absolute atomic E-state index is 0.250. The summed E-state index contributed by atoms with van der Waals surface area (Å²) in [4.78, 5) is 15.5. The molecule has 1 saturated heterocycles. The third-order valence-corrected chi connectivity index (χ3v) is 6.54. The molecule has 0 unspecified atom stereocenters. The van der Waals surface area contributed by atoms with E-state index < -0.39 is 0 Å². The van der Waals surface area contributed by atoms with E-state index in [4.69, 9.17) is 9.53 Å². The minimum atomic E-state index is 0.250. The van der Waals surface area contributed by atoms with Gasteiger partial charge in [-0.25, -0.2) is 0 Å². The molecule has 4 N–H and O–H groups in total. The highest BCUT2D eigenvalue weighted by atomic mass is 32.2. The Morgan fingerprint density at radius 3 is 2.51 bits per heavy atom. The monoisotopic (exact) mass is 503 g/mol. The molecule has 1 aliphatic heterocycles. The smallest absolute Gasteiger partial charge is 0.204 e. The average Bonchev–Trinajstić information content (AvgIpc) is 3.64. The summed E-state index contributed by atoms with van der Waals surface area (Å²) in [6, 6.07) is 6.56. The minimum Gasteiger partial charge on any atom is -0.380 e. The second-order valence-electron chi connectivity index (χ2n) is 8.30. The number of rotatable bonds is 12. The van der Waals surface area contributed by atoms with Crippen LogP contribution < -0.4 is 20.7 Å². The Bertz CT molecular complexity index is 799. The van der Waals surface area contributed by atoms with E-state index in [2.05, 4.69) is 75.1 Å². The molecule has 35 heavy (non-hydrogen) atoms. The Morgan fingerprint density at radius 1 is 1.26 bits per heavy atom. The SMILES string of the molecule is C=N/C(=C\C=C/CCOCCNC)c1ccc(NSC)cc1N1CCC2(CC1)CC2.CC.NC=O. The van der Waals surface area contributed by atoms with Gasteiger partial charge in [0.15, 0.2) is 0 Å². The van der Waals surface area contributed by atoms with Crippen LogP contribution in [0.5, 0.6) is 0 Å². The maximum absolute atomic E-state index is 8.58. The highest BCUT2D eigenvalue weighted by molar-refractivity contribution is 7.99. The Morgan fingerprint density at radius 2 is 1.94 bits per heavy atom. The molecular formula is C27H45N5O2S. The van der Waals surface area contributed by atoms with Gasteiger partial charge in [0.25, 0.3) is 0 Å². The fourth-order valence-corrected chi connectivity index (χ4v) is 4.36. The molecule has 2 aliphatic rings. The first kappa shape index (κ1) is 30.7. The molecule has 1 aromatic rings. The zero-order valence-electron chi connectivity index (χ0n) is 22.0. The molecule has 1 heterocycles. The zero-order valence-corrected chi connectivity index (χ0v) is 22.8. The molecule has 0 bridgehead atoms. The maximum Gasteiger partial charge on any atom is 0.204 e. The van der Waals surface area contributed by atoms with Crippen molar-refractivity contribution in [2.45, 2.75) is 46.0 Å². The number of nitrogens with two attached hydrogens (primary N) is 1. The number of likely N-dealkylation sites (N-methyl/N-ethyl adjacent to an activating group) is 1. The lowest BCUT2D eigenvalue weighted by atomic mass is 9.92. The van der Waals surface area contributed by atoms with Crippen LogP contribution >= 0.6 is 11.9 Å². The molecule has 0 aromatic heterocycles. The van der Waals surface area contributed by atoms with Gasteiger partial charge in [0.1, 0.15) is 0 Å². The molecular weight excluding hydrogens is 458 g/mol. The average molecular weight is 504 g/mol. The van der Waals surface area contributed by atoms with Crippen molar-refractivity contribution in [1.82, 2.24) is 5.32 Å².